The molecule has 23 heavy (non-hydrogen) atoms. The number of hydrogen-bond acceptors (Lipinski definition) is 5. The highest BCUT2D eigenvalue weighted by molar-refractivity contribution is 5.78. The average molecular weight is 311 g/mol. The zero-order valence-electron chi connectivity index (χ0n) is 12.9. The molecule has 0 bridgehead atoms. The van der Waals surface area contributed by atoms with Gasteiger partial charge >= 0.3 is 0 Å². The van der Waals surface area contributed by atoms with Gasteiger partial charge in [-0.25, -0.2) is 4.98 Å². The van der Waals surface area contributed by atoms with Gasteiger partial charge in [-0.15, -0.1) is 0 Å². The van der Waals surface area contributed by atoms with Gasteiger partial charge in [0.15, 0.2) is 5.82 Å². The van der Waals surface area contributed by atoms with E-state index in [0.29, 0.717) is 36.8 Å². The van der Waals surface area contributed by atoms with E-state index in [0.717, 1.165) is 24.2 Å². The third-order valence-corrected chi connectivity index (χ3v) is 4.14. The van der Waals surface area contributed by atoms with Crippen LogP contribution in [-0.4, -0.2) is 43.4 Å². The fourth-order valence-electron chi connectivity index (χ4n) is 2.89. The molecule has 7 heteroatoms. The fourth-order valence-corrected chi connectivity index (χ4v) is 2.89. The number of fused-ring (bicyclic) bond motifs is 1. The van der Waals surface area contributed by atoms with Crippen molar-refractivity contribution in [3.05, 3.63) is 35.9 Å². The standard InChI is InChI=1S/C16H17N5O2/c1-11-4-2-8-21-10-12(17-15(11)21)16-18-13(19-23-16)6-9-20-7-3-5-14(20)22/h2,4,8,10H,3,5-7,9H2,1H3. The molecule has 0 aromatic carbocycles. The smallest absolute Gasteiger partial charge is 0.278 e. The molecule has 4 rings (SSSR count). The van der Waals surface area contributed by atoms with E-state index in [9.17, 15) is 4.79 Å². The number of likely N-dealkylation sites (tertiary alicyclic amines) is 1. The van der Waals surface area contributed by atoms with Crippen molar-refractivity contribution in [1.29, 1.82) is 0 Å². The molecule has 0 radical (unpaired) electrons. The van der Waals surface area contributed by atoms with Gasteiger partial charge in [0, 0.05) is 38.3 Å². The van der Waals surface area contributed by atoms with E-state index in [2.05, 4.69) is 15.1 Å². The fraction of sp³-hybridized carbons (Fsp3) is 0.375. The normalized spacial score (nSPS) is 15.0. The van der Waals surface area contributed by atoms with Crippen molar-refractivity contribution in [3.63, 3.8) is 0 Å². The molecule has 4 heterocycles. The average Bonchev–Trinajstić information content (AvgIpc) is 3.24. The largest absolute Gasteiger partial charge is 0.342 e. The molecule has 0 aliphatic carbocycles. The Bertz CT molecular complexity index is 866. The number of aryl methyl sites for hydroxylation is 1. The van der Waals surface area contributed by atoms with Gasteiger partial charge in [0.2, 0.25) is 5.91 Å². The second kappa shape index (κ2) is 5.49. The van der Waals surface area contributed by atoms with Gasteiger partial charge in [-0.05, 0) is 25.0 Å². The van der Waals surface area contributed by atoms with E-state index < -0.39 is 0 Å². The molecule has 0 spiro atoms. The Morgan fingerprint density at radius 1 is 1.35 bits per heavy atom. The number of hydrogen-bond donors (Lipinski definition) is 0. The number of carbonyl (C=O) groups is 1. The van der Waals surface area contributed by atoms with Gasteiger partial charge in [-0.3, -0.25) is 4.79 Å². The quantitative estimate of drug-likeness (QED) is 0.735. The lowest BCUT2D eigenvalue weighted by atomic mass is 10.3. The van der Waals surface area contributed by atoms with Crippen molar-refractivity contribution in [1.82, 2.24) is 24.4 Å². The number of pyridine rings is 1. The van der Waals surface area contributed by atoms with E-state index in [1.807, 2.05) is 40.8 Å². The third-order valence-electron chi connectivity index (χ3n) is 4.14. The second-order valence-electron chi connectivity index (χ2n) is 5.80. The lowest BCUT2D eigenvalue weighted by Crippen LogP contribution is -2.27. The summed E-state index contributed by atoms with van der Waals surface area (Å²) in [5.41, 5.74) is 2.63. The maximum Gasteiger partial charge on any atom is 0.278 e. The summed E-state index contributed by atoms with van der Waals surface area (Å²) in [6.07, 6.45) is 6.01. The van der Waals surface area contributed by atoms with E-state index >= 15 is 0 Å². The molecule has 1 fully saturated rings. The highest BCUT2D eigenvalue weighted by Crippen LogP contribution is 2.19. The summed E-state index contributed by atoms with van der Waals surface area (Å²) in [6, 6.07) is 3.98. The van der Waals surface area contributed by atoms with Crippen LogP contribution in [0.2, 0.25) is 0 Å². The van der Waals surface area contributed by atoms with E-state index in [1.54, 1.807) is 0 Å². The van der Waals surface area contributed by atoms with Gasteiger partial charge < -0.3 is 13.8 Å². The maximum atomic E-state index is 11.6. The zero-order chi connectivity index (χ0) is 15.8. The number of amides is 1. The lowest BCUT2D eigenvalue weighted by Gasteiger charge is -2.13. The minimum Gasteiger partial charge on any atom is -0.342 e. The molecule has 0 N–H and O–H groups in total. The Morgan fingerprint density at radius 3 is 3.04 bits per heavy atom. The minimum absolute atomic E-state index is 0.213. The summed E-state index contributed by atoms with van der Waals surface area (Å²) in [4.78, 5) is 22.4. The van der Waals surface area contributed by atoms with E-state index in [4.69, 9.17) is 4.52 Å². The van der Waals surface area contributed by atoms with Crippen LogP contribution in [0.1, 0.15) is 24.2 Å². The zero-order valence-corrected chi connectivity index (χ0v) is 12.9. The molecule has 1 amide bonds. The van der Waals surface area contributed by atoms with Crippen LogP contribution in [0.15, 0.2) is 29.0 Å². The first-order valence-electron chi connectivity index (χ1n) is 7.76. The van der Waals surface area contributed by atoms with Crippen molar-refractivity contribution in [2.45, 2.75) is 26.2 Å². The maximum absolute atomic E-state index is 11.6. The van der Waals surface area contributed by atoms with Crippen molar-refractivity contribution in [3.8, 4) is 11.6 Å². The monoisotopic (exact) mass is 311 g/mol. The first kappa shape index (κ1) is 13.9. The molecule has 0 atom stereocenters. The van der Waals surface area contributed by atoms with Crippen LogP contribution < -0.4 is 0 Å². The van der Waals surface area contributed by atoms with Gasteiger partial charge in [0.1, 0.15) is 11.3 Å². The molecular formula is C16H17N5O2. The lowest BCUT2D eigenvalue weighted by molar-refractivity contribution is -0.127. The summed E-state index contributed by atoms with van der Waals surface area (Å²) in [7, 11) is 0. The first-order chi connectivity index (χ1) is 11.2. The number of imidazole rings is 1. The Balaban J connectivity index is 1.52. The summed E-state index contributed by atoms with van der Waals surface area (Å²) >= 11 is 0. The Labute approximate surface area is 132 Å². The molecule has 3 aromatic rings. The first-order valence-corrected chi connectivity index (χ1v) is 7.76. The highest BCUT2D eigenvalue weighted by atomic mass is 16.5. The van der Waals surface area contributed by atoms with Crippen LogP contribution in [-0.2, 0) is 11.2 Å². The number of aromatic nitrogens is 4. The summed E-state index contributed by atoms with van der Waals surface area (Å²) in [6.45, 7) is 3.48. The molecule has 1 aliphatic rings. The molecular weight excluding hydrogens is 294 g/mol. The van der Waals surface area contributed by atoms with Crippen LogP contribution in [0.3, 0.4) is 0 Å². The second-order valence-corrected chi connectivity index (χ2v) is 5.80. The van der Waals surface area contributed by atoms with Crippen molar-refractivity contribution in [2.75, 3.05) is 13.1 Å². The molecule has 1 aliphatic heterocycles. The number of carbonyl (C=O) groups excluding carboxylic acids is 1. The van der Waals surface area contributed by atoms with Gasteiger partial charge in [0.25, 0.3) is 5.89 Å². The molecule has 0 saturated carbocycles. The predicted octanol–water partition coefficient (Wildman–Crippen LogP) is 1.86. The minimum atomic E-state index is 0.213. The van der Waals surface area contributed by atoms with E-state index in [1.165, 1.54) is 0 Å². The Kier molecular flexibility index (Phi) is 3.33. The van der Waals surface area contributed by atoms with Crippen LogP contribution in [0.4, 0.5) is 0 Å². The summed E-state index contributed by atoms with van der Waals surface area (Å²) < 4.78 is 7.26. The Hall–Kier alpha value is -2.70. The Morgan fingerprint density at radius 2 is 2.26 bits per heavy atom. The van der Waals surface area contributed by atoms with Gasteiger partial charge in [-0.1, -0.05) is 11.2 Å². The third kappa shape index (κ3) is 2.58. The molecule has 3 aromatic heterocycles. The van der Waals surface area contributed by atoms with Crippen molar-refractivity contribution >= 4 is 11.6 Å². The van der Waals surface area contributed by atoms with Crippen molar-refractivity contribution < 1.29 is 9.32 Å². The molecule has 1 saturated heterocycles. The van der Waals surface area contributed by atoms with Crippen LogP contribution in [0, 0.1) is 6.92 Å². The number of rotatable bonds is 4. The van der Waals surface area contributed by atoms with E-state index in [-0.39, 0.29) is 5.91 Å². The van der Waals surface area contributed by atoms with Crippen LogP contribution in [0.25, 0.3) is 17.2 Å². The SMILES string of the molecule is Cc1cccn2cc(-c3nc(CCN4CCCC4=O)no3)nc12. The van der Waals surface area contributed by atoms with Crippen LogP contribution in [0.5, 0.6) is 0 Å². The van der Waals surface area contributed by atoms with Crippen LogP contribution >= 0.6 is 0 Å². The molecule has 7 nitrogen and oxygen atoms in total. The summed E-state index contributed by atoms with van der Waals surface area (Å²) in [5, 5.41) is 4.00. The topological polar surface area (TPSA) is 76.5 Å². The molecule has 0 unspecified atom stereocenters. The predicted molar refractivity (Wildman–Crippen MR) is 82.7 cm³/mol. The number of nitrogens with zero attached hydrogens (tertiary/aromatic N) is 5. The van der Waals surface area contributed by atoms with Gasteiger partial charge in [-0.2, -0.15) is 4.98 Å². The summed E-state index contributed by atoms with van der Waals surface area (Å²) in [5.74, 6) is 1.23. The van der Waals surface area contributed by atoms with Gasteiger partial charge in [0.05, 0.1) is 0 Å². The molecule has 118 valence electrons. The highest BCUT2D eigenvalue weighted by Gasteiger charge is 2.20. The van der Waals surface area contributed by atoms with Crippen molar-refractivity contribution in [2.24, 2.45) is 0 Å².